The first-order valence-electron chi connectivity index (χ1n) is 5.59. The van der Waals surface area contributed by atoms with E-state index in [0.717, 1.165) is 32.7 Å². The zero-order valence-electron chi connectivity index (χ0n) is 9.33. The van der Waals surface area contributed by atoms with Crippen LogP contribution in [0.5, 0.6) is 0 Å². The summed E-state index contributed by atoms with van der Waals surface area (Å²) in [5, 5.41) is 0. The molecule has 0 bridgehead atoms. The molecule has 0 radical (unpaired) electrons. The fourth-order valence-corrected chi connectivity index (χ4v) is 1.61. The smallest absolute Gasteiger partial charge is 0.157 e. The Morgan fingerprint density at radius 1 is 1.36 bits per heavy atom. The lowest BCUT2D eigenvalue weighted by Crippen LogP contribution is -2.26. The van der Waals surface area contributed by atoms with Crippen molar-refractivity contribution >= 4 is 0 Å². The quantitative estimate of drug-likeness (QED) is 0.661. The van der Waals surface area contributed by atoms with Crippen molar-refractivity contribution in [2.24, 2.45) is 5.92 Å². The molecule has 2 unspecified atom stereocenters. The molecule has 0 saturated carbocycles. The fraction of sp³-hybridized carbons (Fsp3) is 1.00. The van der Waals surface area contributed by atoms with Crippen molar-refractivity contribution in [1.82, 2.24) is 0 Å². The average Bonchev–Trinajstić information content (AvgIpc) is 2.25. The number of rotatable bonds is 6. The molecule has 2 atom stereocenters. The number of methoxy groups -OCH3 is 1. The van der Waals surface area contributed by atoms with E-state index in [9.17, 15) is 0 Å². The summed E-state index contributed by atoms with van der Waals surface area (Å²) in [7, 11) is 1.74. The summed E-state index contributed by atoms with van der Waals surface area (Å²) in [6.07, 6.45) is 4.58. The monoisotopic (exact) mass is 202 g/mol. The molecule has 0 aromatic carbocycles. The second kappa shape index (κ2) is 7.21. The van der Waals surface area contributed by atoms with E-state index in [2.05, 4.69) is 6.92 Å². The molecular weight excluding hydrogens is 180 g/mol. The lowest BCUT2D eigenvalue weighted by atomic mass is 10.1. The summed E-state index contributed by atoms with van der Waals surface area (Å²) < 4.78 is 16.3. The highest BCUT2D eigenvalue weighted by molar-refractivity contribution is 4.58. The van der Waals surface area contributed by atoms with Gasteiger partial charge in [-0.1, -0.05) is 6.92 Å². The molecule has 0 amide bonds. The molecule has 0 spiro atoms. The molecule has 1 heterocycles. The second-order valence-electron chi connectivity index (χ2n) is 3.86. The first-order valence-corrected chi connectivity index (χ1v) is 5.59. The normalized spacial score (nSPS) is 24.9. The van der Waals surface area contributed by atoms with Crippen LogP contribution in [0.1, 0.15) is 32.6 Å². The average molecular weight is 202 g/mol. The van der Waals surface area contributed by atoms with Crippen molar-refractivity contribution in [3.05, 3.63) is 0 Å². The van der Waals surface area contributed by atoms with E-state index in [1.54, 1.807) is 7.11 Å². The maximum absolute atomic E-state index is 5.69. The van der Waals surface area contributed by atoms with Crippen LogP contribution in [0.15, 0.2) is 0 Å². The molecule has 1 rings (SSSR count). The van der Waals surface area contributed by atoms with Crippen LogP contribution in [0.3, 0.4) is 0 Å². The molecule has 0 N–H and O–H groups in total. The zero-order valence-corrected chi connectivity index (χ0v) is 9.33. The summed E-state index contributed by atoms with van der Waals surface area (Å²) in [4.78, 5) is 0. The van der Waals surface area contributed by atoms with Gasteiger partial charge in [-0.05, 0) is 25.7 Å². The van der Waals surface area contributed by atoms with Gasteiger partial charge in [-0.3, -0.25) is 0 Å². The van der Waals surface area contributed by atoms with Gasteiger partial charge < -0.3 is 14.2 Å². The molecular formula is C11H22O3. The summed E-state index contributed by atoms with van der Waals surface area (Å²) in [6, 6.07) is 0. The summed E-state index contributed by atoms with van der Waals surface area (Å²) in [6.45, 7) is 4.55. The highest BCUT2D eigenvalue weighted by Crippen LogP contribution is 2.15. The van der Waals surface area contributed by atoms with E-state index in [1.165, 1.54) is 12.8 Å². The first kappa shape index (κ1) is 12.0. The molecule has 14 heavy (non-hydrogen) atoms. The highest BCUT2D eigenvalue weighted by atomic mass is 16.7. The Kier molecular flexibility index (Phi) is 6.15. The zero-order chi connectivity index (χ0) is 10.2. The van der Waals surface area contributed by atoms with Crippen molar-refractivity contribution in [2.45, 2.75) is 38.9 Å². The van der Waals surface area contributed by atoms with E-state index in [4.69, 9.17) is 14.2 Å². The van der Waals surface area contributed by atoms with Gasteiger partial charge in [0.25, 0.3) is 0 Å². The van der Waals surface area contributed by atoms with Crippen LogP contribution in [-0.2, 0) is 14.2 Å². The SMILES string of the molecule is CCC(COC)COC1CCCCO1. The van der Waals surface area contributed by atoms with Gasteiger partial charge in [0.05, 0.1) is 13.2 Å². The largest absolute Gasteiger partial charge is 0.384 e. The predicted octanol–water partition coefficient (Wildman–Crippen LogP) is 2.20. The van der Waals surface area contributed by atoms with E-state index in [0.29, 0.717) is 5.92 Å². The van der Waals surface area contributed by atoms with Gasteiger partial charge in [-0.2, -0.15) is 0 Å². The lowest BCUT2D eigenvalue weighted by molar-refractivity contribution is -0.171. The van der Waals surface area contributed by atoms with Crippen molar-refractivity contribution in [1.29, 1.82) is 0 Å². The van der Waals surface area contributed by atoms with Crippen LogP contribution in [0.2, 0.25) is 0 Å². The minimum absolute atomic E-state index is 0.0367. The molecule has 84 valence electrons. The Balaban J connectivity index is 2.10. The minimum atomic E-state index is 0.0367. The van der Waals surface area contributed by atoms with E-state index >= 15 is 0 Å². The number of hydrogen-bond donors (Lipinski definition) is 0. The van der Waals surface area contributed by atoms with Crippen LogP contribution in [0.4, 0.5) is 0 Å². The van der Waals surface area contributed by atoms with Crippen LogP contribution >= 0.6 is 0 Å². The molecule has 0 aliphatic carbocycles. The van der Waals surface area contributed by atoms with Gasteiger partial charge in [-0.15, -0.1) is 0 Å². The van der Waals surface area contributed by atoms with Crippen molar-refractivity contribution in [3.63, 3.8) is 0 Å². The Hall–Kier alpha value is -0.120. The van der Waals surface area contributed by atoms with E-state index in [-0.39, 0.29) is 6.29 Å². The van der Waals surface area contributed by atoms with Gasteiger partial charge >= 0.3 is 0 Å². The molecule has 1 fully saturated rings. The molecule has 0 aromatic rings. The van der Waals surface area contributed by atoms with Gasteiger partial charge in [0.15, 0.2) is 6.29 Å². The third-order valence-electron chi connectivity index (χ3n) is 2.64. The Labute approximate surface area is 86.7 Å². The molecule has 3 heteroatoms. The summed E-state index contributed by atoms with van der Waals surface area (Å²) in [5.74, 6) is 0.505. The Morgan fingerprint density at radius 2 is 2.21 bits per heavy atom. The van der Waals surface area contributed by atoms with Crippen LogP contribution in [0, 0.1) is 5.92 Å². The molecule has 1 saturated heterocycles. The second-order valence-corrected chi connectivity index (χ2v) is 3.86. The summed E-state index contributed by atoms with van der Waals surface area (Å²) in [5.41, 5.74) is 0. The highest BCUT2D eigenvalue weighted by Gasteiger charge is 2.16. The standard InChI is InChI=1S/C11H22O3/c1-3-10(8-12-2)9-14-11-6-4-5-7-13-11/h10-11H,3-9H2,1-2H3. The molecule has 1 aliphatic rings. The maximum atomic E-state index is 5.69. The first-order chi connectivity index (χ1) is 6.86. The molecule has 0 aromatic heterocycles. The third kappa shape index (κ3) is 4.40. The van der Waals surface area contributed by atoms with Crippen molar-refractivity contribution < 1.29 is 14.2 Å². The van der Waals surface area contributed by atoms with Gasteiger partial charge in [0.2, 0.25) is 0 Å². The van der Waals surface area contributed by atoms with Gasteiger partial charge in [0.1, 0.15) is 0 Å². The third-order valence-corrected chi connectivity index (χ3v) is 2.64. The minimum Gasteiger partial charge on any atom is -0.384 e. The number of ether oxygens (including phenoxy) is 3. The van der Waals surface area contributed by atoms with Crippen molar-refractivity contribution in [2.75, 3.05) is 26.9 Å². The van der Waals surface area contributed by atoms with Gasteiger partial charge in [-0.25, -0.2) is 0 Å². The van der Waals surface area contributed by atoms with Crippen LogP contribution < -0.4 is 0 Å². The van der Waals surface area contributed by atoms with Crippen LogP contribution in [-0.4, -0.2) is 33.2 Å². The van der Waals surface area contributed by atoms with E-state index < -0.39 is 0 Å². The molecule has 3 nitrogen and oxygen atoms in total. The Bertz CT molecular complexity index is 128. The van der Waals surface area contributed by atoms with Gasteiger partial charge in [0, 0.05) is 19.6 Å². The van der Waals surface area contributed by atoms with Crippen LogP contribution in [0.25, 0.3) is 0 Å². The number of hydrogen-bond acceptors (Lipinski definition) is 3. The lowest BCUT2D eigenvalue weighted by Gasteiger charge is -2.24. The molecule has 1 aliphatic heterocycles. The predicted molar refractivity (Wildman–Crippen MR) is 55.2 cm³/mol. The fourth-order valence-electron chi connectivity index (χ4n) is 1.61. The Morgan fingerprint density at radius 3 is 2.79 bits per heavy atom. The topological polar surface area (TPSA) is 27.7 Å². The maximum Gasteiger partial charge on any atom is 0.157 e. The van der Waals surface area contributed by atoms with E-state index in [1.807, 2.05) is 0 Å². The van der Waals surface area contributed by atoms with Crippen molar-refractivity contribution in [3.8, 4) is 0 Å². The summed E-state index contributed by atoms with van der Waals surface area (Å²) >= 11 is 0.